The van der Waals surface area contributed by atoms with E-state index in [0.717, 1.165) is 32.6 Å². The molecule has 1 aliphatic rings. The summed E-state index contributed by atoms with van der Waals surface area (Å²) in [5.41, 5.74) is 7.19. The van der Waals surface area contributed by atoms with Gasteiger partial charge in [0.25, 0.3) is 0 Å². The fourth-order valence-electron chi connectivity index (χ4n) is 4.97. The molecule has 0 saturated heterocycles. The molecule has 0 radical (unpaired) electrons. The van der Waals surface area contributed by atoms with Crippen LogP contribution in [0.4, 0.5) is 0 Å². The number of benzene rings is 3. The summed E-state index contributed by atoms with van der Waals surface area (Å²) in [6.07, 6.45) is 2.01. The van der Waals surface area contributed by atoms with Gasteiger partial charge in [0, 0.05) is 16.2 Å². The van der Waals surface area contributed by atoms with Gasteiger partial charge in [0.15, 0.2) is 11.6 Å². The Morgan fingerprint density at radius 2 is 1.64 bits per heavy atom. The highest BCUT2D eigenvalue weighted by Gasteiger charge is 2.40. The van der Waals surface area contributed by atoms with Gasteiger partial charge in [0.2, 0.25) is 0 Å². The van der Waals surface area contributed by atoms with Crippen molar-refractivity contribution in [2.75, 3.05) is 0 Å². The van der Waals surface area contributed by atoms with Crippen LogP contribution in [0.15, 0.2) is 89.5 Å². The summed E-state index contributed by atoms with van der Waals surface area (Å²) in [5.74, 6) is 0.988. The van der Waals surface area contributed by atoms with E-state index < -0.39 is 6.04 Å². The zero-order valence-corrected chi connectivity index (χ0v) is 20.0. The van der Waals surface area contributed by atoms with E-state index in [1.807, 2.05) is 54.7 Å². The second kappa shape index (κ2) is 7.56. The van der Waals surface area contributed by atoms with E-state index in [2.05, 4.69) is 69.2 Å². The summed E-state index contributed by atoms with van der Waals surface area (Å²) in [7, 11) is 0. The zero-order chi connectivity index (χ0) is 22.7. The number of hydrogen-bond donors (Lipinski definition) is 0. The van der Waals surface area contributed by atoms with E-state index in [1.165, 1.54) is 11.1 Å². The first kappa shape index (κ1) is 20.2. The number of ketones is 1. The first-order chi connectivity index (χ1) is 16.0. The summed E-state index contributed by atoms with van der Waals surface area (Å²) >= 11 is 3.56. The molecule has 162 valence electrons. The Bertz CT molecular complexity index is 1510. The third-order valence-corrected chi connectivity index (χ3v) is 7.26. The Morgan fingerprint density at radius 1 is 0.909 bits per heavy atom. The predicted molar refractivity (Wildman–Crippen MR) is 135 cm³/mol. The van der Waals surface area contributed by atoms with Gasteiger partial charge in [-0.25, -0.2) is 4.98 Å². The van der Waals surface area contributed by atoms with Crippen molar-refractivity contribution in [2.45, 2.75) is 25.9 Å². The largest absolute Gasteiger partial charge is 0.332 e. The number of hydrogen-bond acceptors (Lipinski definition) is 2. The lowest BCUT2D eigenvalue weighted by Crippen LogP contribution is -2.34. The number of carbonyl (C=O) groups excluding carboxylic acids is 1. The molecule has 2 atom stereocenters. The van der Waals surface area contributed by atoms with Crippen LogP contribution in [0.5, 0.6) is 0 Å². The molecule has 0 amide bonds. The maximum absolute atomic E-state index is 14.0. The van der Waals surface area contributed by atoms with Crippen LogP contribution in [0.3, 0.4) is 0 Å². The lowest BCUT2D eigenvalue weighted by Gasteiger charge is -2.36. The Labute approximate surface area is 200 Å². The first-order valence-corrected chi connectivity index (χ1v) is 11.8. The van der Waals surface area contributed by atoms with Gasteiger partial charge >= 0.3 is 0 Å². The molecule has 3 heterocycles. The van der Waals surface area contributed by atoms with E-state index in [1.54, 1.807) is 0 Å². The molecule has 3 aromatic carbocycles. The number of imidazole rings is 1. The Morgan fingerprint density at radius 3 is 2.39 bits per heavy atom. The van der Waals surface area contributed by atoms with Gasteiger partial charge in [-0.15, -0.1) is 0 Å². The van der Waals surface area contributed by atoms with E-state index in [-0.39, 0.29) is 11.8 Å². The summed E-state index contributed by atoms with van der Waals surface area (Å²) in [6, 6.07) is 25.6. The Hall–Kier alpha value is -3.44. The van der Waals surface area contributed by atoms with E-state index >= 15 is 0 Å². The van der Waals surface area contributed by atoms with Gasteiger partial charge < -0.3 is 9.13 Å². The molecule has 0 spiro atoms. The van der Waals surface area contributed by atoms with Crippen molar-refractivity contribution in [3.8, 4) is 11.5 Å². The number of carbonyl (C=O) groups is 1. The summed E-state index contributed by atoms with van der Waals surface area (Å²) in [6.45, 7) is 4.24. The minimum atomic E-state index is -0.426. The monoisotopic (exact) mass is 495 g/mol. The number of aryl methyl sites for hydroxylation is 2. The molecule has 4 nitrogen and oxygen atoms in total. The van der Waals surface area contributed by atoms with Crippen LogP contribution in [0.1, 0.15) is 39.1 Å². The quantitative estimate of drug-likeness (QED) is 0.255. The summed E-state index contributed by atoms with van der Waals surface area (Å²) < 4.78 is 5.38. The standard InChI is InChI=1S/C28H22BrN3O/c1-17-15-22-24(16-18(17)2)32-25(19-10-12-21(29)13-11-19)26(27(33)20-7-4-3-5-8-20)31-14-6-9-23(31)28(32)30-22/h3-16,25-26H,1-2H3/t25-,26+/m1/s1. The van der Waals surface area contributed by atoms with Crippen LogP contribution in [0.25, 0.3) is 22.6 Å². The minimum Gasteiger partial charge on any atom is -0.332 e. The van der Waals surface area contributed by atoms with Gasteiger partial charge in [0.05, 0.1) is 22.8 Å². The molecule has 0 N–H and O–H groups in total. The second-order valence-corrected chi connectivity index (χ2v) is 9.62. The molecular formula is C28H22BrN3O. The lowest BCUT2D eigenvalue weighted by atomic mass is 9.90. The maximum Gasteiger partial charge on any atom is 0.188 e. The fraction of sp³-hybridized carbons (Fsp3) is 0.143. The lowest BCUT2D eigenvalue weighted by molar-refractivity contribution is 0.0895. The highest BCUT2D eigenvalue weighted by molar-refractivity contribution is 9.10. The number of fused-ring (bicyclic) bond motifs is 5. The van der Waals surface area contributed by atoms with Crippen molar-refractivity contribution in [1.29, 1.82) is 0 Å². The fourth-order valence-corrected chi connectivity index (χ4v) is 5.23. The van der Waals surface area contributed by atoms with Crippen molar-refractivity contribution in [1.82, 2.24) is 14.1 Å². The van der Waals surface area contributed by atoms with Crippen LogP contribution in [0, 0.1) is 13.8 Å². The van der Waals surface area contributed by atoms with Gasteiger partial charge in [-0.3, -0.25) is 4.79 Å². The highest BCUT2D eigenvalue weighted by Crippen LogP contribution is 2.45. The van der Waals surface area contributed by atoms with Crippen molar-refractivity contribution in [2.24, 2.45) is 0 Å². The molecule has 0 fully saturated rings. The number of rotatable bonds is 3. The SMILES string of the molecule is Cc1cc2nc3n(c2cc1C)[C@H](c1ccc(Br)cc1)[C@@H](C(=O)c1ccccc1)n1cccc1-3. The summed E-state index contributed by atoms with van der Waals surface area (Å²) in [4.78, 5) is 19.1. The number of nitrogens with zero attached hydrogens (tertiary/aromatic N) is 3. The van der Waals surface area contributed by atoms with Crippen LogP contribution < -0.4 is 0 Å². The second-order valence-electron chi connectivity index (χ2n) is 8.70. The molecule has 0 saturated carbocycles. The van der Waals surface area contributed by atoms with Crippen LogP contribution in [-0.2, 0) is 0 Å². The van der Waals surface area contributed by atoms with Gasteiger partial charge in [-0.05, 0) is 66.9 Å². The molecule has 0 bridgehead atoms. The zero-order valence-electron chi connectivity index (χ0n) is 18.4. The molecule has 5 aromatic rings. The topological polar surface area (TPSA) is 39.8 Å². The minimum absolute atomic E-state index is 0.0947. The third-order valence-electron chi connectivity index (χ3n) is 6.73. The third kappa shape index (κ3) is 3.10. The Balaban J connectivity index is 1.68. The van der Waals surface area contributed by atoms with Gasteiger partial charge in [-0.2, -0.15) is 0 Å². The van der Waals surface area contributed by atoms with E-state index in [4.69, 9.17) is 4.98 Å². The molecule has 33 heavy (non-hydrogen) atoms. The smallest absolute Gasteiger partial charge is 0.188 e. The van der Waals surface area contributed by atoms with Crippen LogP contribution >= 0.6 is 15.9 Å². The predicted octanol–water partition coefficient (Wildman–Crippen LogP) is 6.91. The maximum atomic E-state index is 14.0. The molecular weight excluding hydrogens is 474 g/mol. The molecule has 1 aliphatic heterocycles. The summed E-state index contributed by atoms with van der Waals surface area (Å²) in [5, 5.41) is 0. The Kier molecular flexibility index (Phi) is 4.63. The molecule has 5 heteroatoms. The molecule has 0 aliphatic carbocycles. The number of Topliss-reactive ketones (excluding diaryl/α,β-unsaturated/α-hetero) is 1. The first-order valence-electron chi connectivity index (χ1n) is 11.0. The molecule has 0 unspecified atom stereocenters. The average Bonchev–Trinajstić information content (AvgIpc) is 3.44. The van der Waals surface area contributed by atoms with Crippen molar-refractivity contribution < 1.29 is 4.79 Å². The normalized spacial score (nSPS) is 17.1. The highest BCUT2D eigenvalue weighted by atomic mass is 79.9. The van der Waals surface area contributed by atoms with Crippen LogP contribution in [0.2, 0.25) is 0 Å². The van der Waals surface area contributed by atoms with Crippen molar-refractivity contribution in [3.63, 3.8) is 0 Å². The average molecular weight is 496 g/mol. The van der Waals surface area contributed by atoms with E-state index in [0.29, 0.717) is 5.56 Å². The number of aromatic nitrogens is 3. The van der Waals surface area contributed by atoms with Crippen molar-refractivity contribution >= 4 is 32.7 Å². The van der Waals surface area contributed by atoms with Crippen molar-refractivity contribution in [3.05, 3.63) is 112 Å². The number of halogens is 1. The van der Waals surface area contributed by atoms with Crippen LogP contribution in [-0.4, -0.2) is 19.9 Å². The molecule has 2 aromatic heterocycles. The molecule has 6 rings (SSSR count). The van der Waals surface area contributed by atoms with Gasteiger partial charge in [-0.1, -0.05) is 58.4 Å². The van der Waals surface area contributed by atoms with E-state index in [9.17, 15) is 4.79 Å². The van der Waals surface area contributed by atoms with Gasteiger partial charge in [0.1, 0.15) is 6.04 Å².